The van der Waals surface area contributed by atoms with E-state index in [-0.39, 0.29) is 23.9 Å². The molecule has 0 radical (unpaired) electrons. The van der Waals surface area contributed by atoms with Crippen LogP contribution < -0.4 is 11.1 Å². The average Bonchev–Trinajstić information content (AvgIpc) is 3.37. The standard InChI is InChI=1S/C27H23N7O2/c1-2-5-22(35)34-19-14-18(19)15-20(34)26-32-23(24-25(28)30-12-13-33(24)26)16-7-9-17(10-8-16)27(36)31-21-6-3-4-11-29-21/h3-4,6-13,18-20H,14-15H2,1H3,(H2,28,30)(H,29,31,36). The summed E-state index contributed by atoms with van der Waals surface area (Å²) in [6.45, 7) is 1.67. The van der Waals surface area contributed by atoms with E-state index in [0.29, 0.717) is 34.3 Å². The summed E-state index contributed by atoms with van der Waals surface area (Å²) in [5.74, 6) is 7.04. The lowest BCUT2D eigenvalue weighted by molar-refractivity contribution is -0.127. The summed E-state index contributed by atoms with van der Waals surface area (Å²) in [5.41, 5.74) is 8.92. The Balaban J connectivity index is 1.36. The number of aromatic nitrogens is 4. The summed E-state index contributed by atoms with van der Waals surface area (Å²) in [5, 5.41) is 2.78. The Labute approximate surface area is 207 Å². The molecule has 2 aliphatic rings. The fourth-order valence-corrected chi connectivity index (χ4v) is 5.08. The first kappa shape index (κ1) is 21.8. The predicted octanol–water partition coefficient (Wildman–Crippen LogP) is 3.31. The van der Waals surface area contributed by atoms with E-state index in [4.69, 9.17) is 10.7 Å². The molecule has 4 heterocycles. The van der Waals surface area contributed by atoms with Gasteiger partial charge in [0, 0.05) is 35.8 Å². The highest BCUT2D eigenvalue weighted by molar-refractivity contribution is 6.04. The summed E-state index contributed by atoms with van der Waals surface area (Å²) in [6, 6.07) is 12.5. The molecule has 1 saturated carbocycles. The molecule has 3 aromatic heterocycles. The van der Waals surface area contributed by atoms with Crippen molar-refractivity contribution in [2.45, 2.75) is 31.8 Å². The van der Waals surface area contributed by atoms with Crippen LogP contribution in [0.15, 0.2) is 61.1 Å². The number of nitrogens with one attached hydrogen (secondary N) is 1. The topological polar surface area (TPSA) is 119 Å². The van der Waals surface area contributed by atoms with Crippen LogP contribution in [0.5, 0.6) is 0 Å². The molecule has 9 heteroatoms. The van der Waals surface area contributed by atoms with Gasteiger partial charge in [0.25, 0.3) is 11.8 Å². The van der Waals surface area contributed by atoms with Crippen molar-refractivity contribution in [3.05, 3.63) is 72.4 Å². The number of rotatable bonds is 4. The molecule has 178 valence electrons. The quantitative estimate of drug-likeness (QED) is 0.436. The number of carbonyl (C=O) groups excluding carboxylic acids is 2. The number of imidazole rings is 1. The number of amides is 2. The molecule has 1 aliphatic carbocycles. The van der Waals surface area contributed by atoms with E-state index in [1.54, 1.807) is 43.6 Å². The molecular weight excluding hydrogens is 454 g/mol. The third-order valence-electron chi connectivity index (χ3n) is 6.81. The normalized spacial score (nSPS) is 19.9. The van der Waals surface area contributed by atoms with Crippen LogP contribution in [0.4, 0.5) is 11.6 Å². The van der Waals surface area contributed by atoms with Crippen molar-refractivity contribution in [1.29, 1.82) is 0 Å². The largest absolute Gasteiger partial charge is 0.382 e. The smallest absolute Gasteiger partial charge is 0.299 e. The van der Waals surface area contributed by atoms with Crippen molar-refractivity contribution in [2.24, 2.45) is 5.92 Å². The molecule has 1 aromatic carbocycles. The SMILES string of the molecule is CC#CC(=O)N1C(c2nc(-c3ccc(C(=O)Nc4ccccn4)cc3)c3c(N)nccn23)CC2CC21. The number of anilines is 2. The molecule has 4 aromatic rings. The number of pyridine rings is 1. The van der Waals surface area contributed by atoms with Gasteiger partial charge in [0.2, 0.25) is 0 Å². The van der Waals surface area contributed by atoms with Gasteiger partial charge in [-0.2, -0.15) is 0 Å². The van der Waals surface area contributed by atoms with E-state index < -0.39 is 0 Å². The van der Waals surface area contributed by atoms with Crippen molar-refractivity contribution < 1.29 is 9.59 Å². The number of benzene rings is 1. The van der Waals surface area contributed by atoms with E-state index in [1.165, 1.54) is 0 Å². The third kappa shape index (κ3) is 3.64. The molecule has 9 nitrogen and oxygen atoms in total. The molecule has 3 N–H and O–H groups in total. The lowest BCUT2D eigenvalue weighted by Gasteiger charge is -2.24. The number of fused-ring (bicyclic) bond motifs is 2. The molecule has 6 rings (SSSR count). The number of hydrogen-bond acceptors (Lipinski definition) is 6. The Bertz CT molecular complexity index is 1550. The van der Waals surface area contributed by atoms with Gasteiger partial charge in [0.15, 0.2) is 0 Å². The van der Waals surface area contributed by atoms with Gasteiger partial charge in [-0.3, -0.25) is 14.0 Å². The number of nitrogens with zero attached hydrogens (tertiary/aromatic N) is 5. The Kier molecular flexibility index (Phi) is 5.15. The summed E-state index contributed by atoms with van der Waals surface area (Å²) in [4.78, 5) is 40.7. The van der Waals surface area contributed by atoms with E-state index in [1.807, 2.05) is 33.7 Å². The van der Waals surface area contributed by atoms with Gasteiger partial charge in [-0.1, -0.05) is 24.1 Å². The summed E-state index contributed by atoms with van der Waals surface area (Å²) in [6.07, 6.45) is 6.93. The number of nitrogen functional groups attached to an aromatic ring is 1. The molecular formula is C27H23N7O2. The molecule has 1 aliphatic heterocycles. The predicted molar refractivity (Wildman–Crippen MR) is 135 cm³/mol. The Hall–Kier alpha value is -4.71. The monoisotopic (exact) mass is 477 g/mol. The Morgan fingerprint density at radius 3 is 2.67 bits per heavy atom. The maximum absolute atomic E-state index is 12.8. The number of carbonyl (C=O) groups is 2. The minimum absolute atomic E-state index is 0.170. The second kappa shape index (κ2) is 8.50. The van der Waals surface area contributed by atoms with Crippen LogP contribution in [0.1, 0.15) is 42.0 Å². The highest BCUT2D eigenvalue weighted by atomic mass is 16.2. The van der Waals surface area contributed by atoms with Crippen LogP contribution in [0, 0.1) is 17.8 Å². The van der Waals surface area contributed by atoms with Crippen LogP contribution in [-0.2, 0) is 4.79 Å². The number of hydrogen-bond donors (Lipinski definition) is 2. The fraction of sp³-hybridized carbons (Fsp3) is 0.222. The zero-order valence-corrected chi connectivity index (χ0v) is 19.5. The van der Waals surface area contributed by atoms with Crippen LogP contribution in [0.25, 0.3) is 16.8 Å². The lowest BCUT2D eigenvalue weighted by Crippen LogP contribution is -2.33. The molecule has 3 unspecified atom stereocenters. The van der Waals surface area contributed by atoms with E-state index in [9.17, 15) is 9.59 Å². The third-order valence-corrected chi connectivity index (χ3v) is 6.81. The van der Waals surface area contributed by atoms with E-state index >= 15 is 0 Å². The Morgan fingerprint density at radius 2 is 1.92 bits per heavy atom. The first-order chi connectivity index (χ1) is 17.5. The van der Waals surface area contributed by atoms with E-state index in [2.05, 4.69) is 27.1 Å². The van der Waals surface area contributed by atoms with Crippen molar-refractivity contribution in [2.75, 3.05) is 11.1 Å². The lowest BCUT2D eigenvalue weighted by atomic mass is 10.1. The highest BCUT2D eigenvalue weighted by Crippen LogP contribution is 2.53. The zero-order chi connectivity index (χ0) is 24.8. The van der Waals surface area contributed by atoms with Crippen LogP contribution >= 0.6 is 0 Å². The summed E-state index contributed by atoms with van der Waals surface area (Å²) >= 11 is 0. The van der Waals surface area contributed by atoms with Crippen LogP contribution in [-0.4, -0.2) is 42.1 Å². The minimum atomic E-state index is -0.256. The van der Waals surface area contributed by atoms with Gasteiger partial charge in [-0.15, -0.1) is 0 Å². The number of nitrogens with two attached hydrogens (primary N) is 1. The van der Waals surface area contributed by atoms with Crippen LogP contribution in [0.3, 0.4) is 0 Å². The fourth-order valence-electron chi connectivity index (χ4n) is 5.08. The zero-order valence-electron chi connectivity index (χ0n) is 19.5. The first-order valence-electron chi connectivity index (χ1n) is 11.8. The molecule has 2 amide bonds. The maximum Gasteiger partial charge on any atom is 0.299 e. The van der Waals surface area contributed by atoms with Crippen molar-refractivity contribution in [3.63, 3.8) is 0 Å². The molecule has 0 spiro atoms. The summed E-state index contributed by atoms with van der Waals surface area (Å²) in [7, 11) is 0. The van der Waals surface area contributed by atoms with Gasteiger partial charge in [0.05, 0.1) is 6.04 Å². The first-order valence-corrected chi connectivity index (χ1v) is 11.8. The van der Waals surface area contributed by atoms with Crippen molar-refractivity contribution in [1.82, 2.24) is 24.3 Å². The van der Waals surface area contributed by atoms with Gasteiger partial charge in [-0.05, 0) is 55.9 Å². The van der Waals surface area contributed by atoms with Crippen molar-refractivity contribution in [3.8, 4) is 23.1 Å². The molecule has 3 atom stereocenters. The van der Waals surface area contributed by atoms with E-state index in [0.717, 1.165) is 24.2 Å². The molecule has 1 saturated heterocycles. The van der Waals surface area contributed by atoms with Crippen molar-refractivity contribution >= 4 is 29.0 Å². The molecule has 2 fully saturated rings. The van der Waals surface area contributed by atoms with Gasteiger partial charge in [-0.25, -0.2) is 15.0 Å². The van der Waals surface area contributed by atoms with Crippen LogP contribution in [0.2, 0.25) is 0 Å². The second-order valence-corrected chi connectivity index (χ2v) is 9.00. The number of piperidine rings is 1. The minimum Gasteiger partial charge on any atom is -0.382 e. The van der Waals surface area contributed by atoms with Gasteiger partial charge >= 0.3 is 0 Å². The van der Waals surface area contributed by atoms with Gasteiger partial charge < -0.3 is 16.0 Å². The second-order valence-electron chi connectivity index (χ2n) is 9.00. The number of likely N-dealkylation sites (tertiary alicyclic amines) is 1. The summed E-state index contributed by atoms with van der Waals surface area (Å²) < 4.78 is 1.93. The molecule has 36 heavy (non-hydrogen) atoms. The highest BCUT2D eigenvalue weighted by Gasteiger charge is 2.55. The Morgan fingerprint density at radius 1 is 1.08 bits per heavy atom. The molecule has 0 bridgehead atoms. The maximum atomic E-state index is 12.8. The average molecular weight is 478 g/mol. The van der Waals surface area contributed by atoms with Gasteiger partial charge in [0.1, 0.15) is 28.7 Å².